The largest absolute Gasteiger partial charge is 0.550 e. The molecule has 0 aliphatic rings. The Morgan fingerprint density at radius 2 is 1.50 bits per heavy atom. The van der Waals surface area contributed by atoms with Crippen LogP contribution in [0.5, 0.6) is 5.75 Å². The Bertz CT molecular complexity index is 1200. The molecule has 9 heteroatoms. The van der Waals surface area contributed by atoms with Crippen LogP contribution in [0.4, 0.5) is 8.78 Å². The van der Waals surface area contributed by atoms with E-state index in [1.54, 1.807) is 44.2 Å². The fourth-order valence-corrected chi connectivity index (χ4v) is 4.59. The normalized spacial score (nSPS) is 13.0. The van der Waals surface area contributed by atoms with Crippen LogP contribution in [0, 0.1) is 25.5 Å². The lowest BCUT2D eigenvalue weighted by atomic mass is 9.83. The first-order chi connectivity index (χ1) is 17.0. The SMILES string of the molecule is Cc1cc(C(c2ccc(F)c(C)c2)c2cc(Cl)cc(Cl)c2OCC(O)C[C@@H](O)CC(=O)[O-])ccc1F. The van der Waals surface area contributed by atoms with E-state index in [-0.39, 0.29) is 35.4 Å². The predicted octanol–water partition coefficient (Wildman–Crippen LogP) is 4.70. The van der Waals surface area contributed by atoms with E-state index < -0.39 is 30.5 Å². The summed E-state index contributed by atoms with van der Waals surface area (Å²) in [5, 5.41) is 31.2. The van der Waals surface area contributed by atoms with E-state index >= 15 is 0 Å². The van der Waals surface area contributed by atoms with Gasteiger partial charge in [-0.15, -0.1) is 0 Å². The third-order valence-corrected chi connectivity index (χ3v) is 6.24. The maximum atomic E-state index is 14.1. The number of carboxylic acids is 1. The second-order valence-electron chi connectivity index (χ2n) is 8.69. The number of ether oxygens (including phenoxy) is 1. The second kappa shape index (κ2) is 12.0. The zero-order chi connectivity index (χ0) is 26.6. The first kappa shape index (κ1) is 27.9. The summed E-state index contributed by atoms with van der Waals surface area (Å²) < 4.78 is 34.0. The van der Waals surface area contributed by atoms with Crippen molar-refractivity contribution in [2.75, 3.05) is 6.61 Å². The molecule has 0 fully saturated rings. The highest BCUT2D eigenvalue weighted by Crippen LogP contribution is 2.43. The van der Waals surface area contributed by atoms with Crippen molar-refractivity contribution in [3.05, 3.63) is 98.0 Å². The van der Waals surface area contributed by atoms with Crippen LogP contribution in [0.2, 0.25) is 10.0 Å². The number of carboxylic acid groups (broad SMARTS) is 1. The molecule has 36 heavy (non-hydrogen) atoms. The number of rotatable bonds is 10. The maximum Gasteiger partial charge on any atom is 0.142 e. The quantitative estimate of drug-likeness (QED) is 0.366. The van der Waals surface area contributed by atoms with Gasteiger partial charge in [-0.3, -0.25) is 0 Å². The Balaban J connectivity index is 2.06. The zero-order valence-electron chi connectivity index (χ0n) is 19.6. The van der Waals surface area contributed by atoms with Gasteiger partial charge in [-0.2, -0.15) is 0 Å². The lowest BCUT2D eigenvalue weighted by Crippen LogP contribution is -2.31. The molecule has 0 radical (unpaired) electrons. The van der Waals surface area contributed by atoms with Gasteiger partial charge in [0.2, 0.25) is 0 Å². The number of halogens is 4. The van der Waals surface area contributed by atoms with Gasteiger partial charge in [0.15, 0.2) is 0 Å². The average Bonchev–Trinajstić information content (AvgIpc) is 2.77. The van der Waals surface area contributed by atoms with Crippen LogP contribution >= 0.6 is 23.2 Å². The number of aryl methyl sites for hydroxylation is 2. The number of carbonyl (C=O) groups is 1. The van der Waals surface area contributed by atoms with Crippen molar-refractivity contribution in [3.8, 4) is 5.75 Å². The summed E-state index contributed by atoms with van der Waals surface area (Å²) in [6.45, 7) is 2.95. The summed E-state index contributed by atoms with van der Waals surface area (Å²) in [6, 6.07) is 12.3. The fraction of sp³-hybridized carbons (Fsp3) is 0.296. The van der Waals surface area contributed by atoms with Crippen molar-refractivity contribution in [1.82, 2.24) is 0 Å². The summed E-state index contributed by atoms with van der Waals surface area (Å²) >= 11 is 12.8. The van der Waals surface area contributed by atoms with Crippen molar-refractivity contribution in [2.45, 2.75) is 44.8 Å². The van der Waals surface area contributed by atoms with E-state index in [2.05, 4.69) is 0 Å². The molecular weight excluding hydrogens is 513 g/mol. The zero-order valence-corrected chi connectivity index (χ0v) is 21.1. The van der Waals surface area contributed by atoms with Crippen molar-refractivity contribution in [1.29, 1.82) is 0 Å². The Morgan fingerprint density at radius 1 is 0.944 bits per heavy atom. The van der Waals surface area contributed by atoms with Crippen LogP contribution in [0.3, 0.4) is 0 Å². The molecule has 3 rings (SSSR count). The van der Waals surface area contributed by atoms with Crippen LogP contribution in [0.1, 0.15) is 46.6 Å². The summed E-state index contributed by atoms with van der Waals surface area (Å²) in [7, 11) is 0. The molecule has 192 valence electrons. The molecular formula is C27H25Cl2F2O5-. The monoisotopic (exact) mass is 537 g/mol. The minimum absolute atomic E-state index is 0.141. The Hall–Kier alpha value is -2.71. The molecule has 0 saturated heterocycles. The molecule has 0 spiro atoms. The first-order valence-electron chi connectivity index (χ1n) is 11.2. The maximum absolute atomic E-state index is 14.1. The third-order valence-electron chi connectivity index (χ3n) is 5.75. The highest BCUT2D eigenvalue weighted by molar-refractivity contribution is 6.35. The van der Waals surface area contributed by atoms with Gasteiger partial charge < -0.3 is 24.9 Å². The van der Waals surface area contributed by atoms with E-state index in [0.717, 1.165) is 0 Å². The third kappa shape index (κ3) is 6.95. The molecule has 0 aromatic heterocycles. The van der Waals surface area contributed by atoms with Gasteiger partial charge in [-0.1, -0.05) is 47.5 Å². The van der Waals surface area contributed by atoms with Crippen molar-refractivity contribution >= 4 is 29.2 Å². The average molecular weight is 538 g/mol. The van der Waals surface area contributed by atoms with Gasteiger partial charge in [-0.05, 0) is 60.4 Å². The van der Waals surface area contributed by atoms with E-state index in [4.69, 9.17) is 27.9 Å². The number of hydrogen-bond acceptors (Lipinski definition) is 5. The molecule has 0 heterocycles. The molecule has 0 saturated carbocycles. The Morgan fingerprint density at radius 3 is 2.00 bits per heavy atom. The number of aliphatic hydroxyl groups excluding tert-OH is 2. The first-order valence-corrected chi connectivity index (χ1v) is 11.9. The Labute approximate surface area is 217 Å². The summed E-state index contributed by atoms with van der Waals surface area (Å²) in [5.74, 6) is -2.61. The molecule has 1 unspecified atom stereocenters. The summed E-state index contributed by atoms with van der Waals surface area (Å²) in [5.41, 5.74) is 2.65. The molecule has 0 aliphatic heterocycles. The van der Waals surface area contributed by atoms with Crippen molar-refractivity contribution < 1.29 is 33.6 Å². The van der Waals surface area contributed by atoms with Crippen LogP contribution in [-0.4, -0.2) is 35.0 Å². The minimum Gasteiger partial charge on any atom is -0.550 e. The lowest BCUT2D eigenvalue weighted by Gasteiger charge is -2.25. The van der Waals surface area contributed by atoms with Crippen LogP contribution < -0.4 is 9.84 Å². The molecule has 2 atom stereocenters. The van der Waals surface area contributed by atoms with Crippen LogP contribution in [-0.2, 0) is 4.79 Å². The molecule has 5 nitrogen and oxygen atoms in total. The van der Waals surface area contributed by atoms with Crippen molar-refractivity contribution in [2.24, 2.45) is 0 Å². The molecule has 0 amide bonds. The molecule has 2 N–H and O–H groups in total. The van der Waals surface area contributed by atoms with E-state index in [1.807, 2.05) is 0 Å². The van der Waals surface area contributed by atoms with Gasteiger partial charge in [-0.25, -0.2) is 8.78 Å². The highest BCUT2D eigenvalue weighted by atomic mass is 35.5. The van der Waals surface area contributed by atoms with E-state index in [9.17, 15) is 28.9 Å². The highest BCUT2D eigenvalue weighted by Gasteiger charge is 2.25. The number of hydrogen-bond donors (Lipinski definition) is 2. The minimum atomic E-state index is -1.44. The van der Waals surface area contributed by atoms with Gasteiger partial charge in [0.05, 0.1) is 17.2 Å². The Kier molecular flexibility index (Phi) is 9.30. The molecule has 0 aliphatic carbocycles. The molecule has 0 bridgehead atoms. The number of benzene rings is 3. The van der Waals surface area contributed by atoms with Gasteiger partial charge in [0.1, 0.15) is 24.0 Å². The summed E-state index contributed by atoms with van der Waals surface area (Å²) in [6.07, 6.45) is -3.41. The van der Waals surface area contributed by atoms with Gasteiger partial charge in [0.25, 0.3) is 0 Å². The van der Waals surface area contributed by atoms with Crippen LogP contribution in [0.25, 0.3) is 0 Å². The van der Waals surface area contributed by atoms with E-state index in [0.29, 0.717) is 32.8 Å². The fourth-order valence-electron chi connectivity index (χ4n) is 4.03. The number of carbonyl (C=O) groups excluding carboxylic acids is 1. The number of aliphatic hydroxyl groups is 2. The summed E-state index contributed by atoms with van der Waals surface area (Å²) in [4.78, 5) is 10.7. The lowest BCUT2D eigenvalue weighted by molar-refractivity contribution is -0.307. The number of aliphatic carboxylic acids is 1. The molecule has 3 aromatic rings. The van der Waals surface area contributed by atoms with Gasteiger partial charge in [0, 0.05) is 35.3 Å². The van der Waals surface area contributed by atoms with Crippen LogP contribution in [0.15, 0.2) is 48.5 Å². The van der Waals surface area contributed by atoms with Gasteiger partial charge >= 0.3 is 0 Å². The smallest absolute Gasteiger partial charge is 0.142 e. The standard InChI is InChI=1S/C27H26Cl2F2O5/c1-14-7-16(3-5-23(14)30)26(17-4-6-24(31)15(2)8-17)21-9-18(28)10-22(29)27(21)36-13-20(33)11-19(32)12-25(34)35/h3-10,19-20,26,32-33H,11-13H2,1-2H3,(H,34,35)/p-1/t19-,20?/m1/s1. The van der Waals surface area contributed by atoms with E-state index in [1.165, 1.54) is 18.2 Å². The predicted molar refractivity (Wildman–Crippen MR) is 131 cm³/mol. The molecule has 3 aromatic carbocycles. The van der Waals surface area contributed by atoms with Crippen molar-refractivity contribution in [3.63, 3.8) is 0 Å². The second-order valence-corrected chi connectivity index (χ2v) is 9.53. The topological polar surface area (TPSA) is 89.8 Å².